The third-order valence-corrected chi connectivity index (χ3v) is 3.73. The quantitative estimate of drug-likeness (QED) is 0.510. The molecule has 108 valence electrons. The Morgan fingerprint density at radius 3 is 2.11 bits per heavy atom. The standard InChI is InChI=1S/C14H18BrF3O/c1-10(2)11-3-5-12(6-4-11)13(15)7-8-19-9-14(16,17)18/h3-6,10,13H,7-9H2,1-2H3. The van der Waals surface area contributed by atoms with Gasteiger partial charge in [-0.25, -0.2) is 0 Å². The first kappa shape index (κ1) is 16.5. The summed E-state index contributed by atoms with van der Waals surface area (Å²) in [5.41, 5.74) is 2.30. The zero-order chi connectivity index (χ0) is 14.5. The minimum Gasteiger partial charge on any atom is -0.372 e. The van der Waals surface area contributed by atoms with Crippen molar-refractivity contribution >= 4 is 15.9 Å². The van der Waals surface area contributed by atoms with Gasteiger partial charge < -0.3 is 4.74 Å². The van der Waals surface area contributed by atoms with E-state index >= 15 is 0 Å². The van der Waals surface area contributed by atoms with Crippen LogP contribution in [0.15, 0.2) is 24.3 Å². The summed E-state index contributed by atoms with van der Waals surface area (Å²) in [6.45, 7) is 3.14. The van der Waals surface area contributed by atoms with Gasteiger partial charge in [-0.05, 0) is 23.5 Å². The highest BCUT2D eigenvalue weighted by atomic mass is 79.9. The van der Waals surface area contributed by atoms with Crippen LogP contribution in [0.4, 0.5) is 13.2 Å². The fourth-order valence-electron chi connectivity index (χ4n) is 1.63. The van der Waals surface area contributed by atoms with Crippen molar-refractivity contribution in [2.75, 3.05) is 13.2 Å². The molecule has 0 amide bonds. The number of halogens is 4. The Bertz CT molecular complexity index is 373. The third kappa shape index (κ3) is 6.43. The van der Waals surface area contributed by atoms with E-state index in [1.165, 1.54) is 5.56 Å². The van der Waals surface area contributed by atoms with E-state index in [-0.39, 0.29) is 11.4 Å². The second-order valence-electron chi connectivity index (χ2n) is 4.75. The first-order valence-corrected chi connectivity index (χ1v) is 7.09. The van der Waals surface area contributed by atoms with E-state index in [4.69, 9.17) is 0 Å². The molecule has 1 nitrogen and oxygen atoms in total. The summed E-state index contributed by atoms with van der Waals surface area (Å²) in [5, 5.41) is 0. The Labute approximate surface area is 120 Å². The van der Waals surface area contributed by atoms with Crippen LogP contribution in [0, 0.1) is 0 Å². The van der Waals surface area contributed by atoms with Gasteiger partial charge in [0.05, 0.1) is 0 Å². The first-order chi connectivity index (χ1) is 8.79. The van der Waals surface area contributed by atoms with E-state index in [0.29, 0.717) is 12.3 Å². The topological polar surface area (TPSA) is 9.23 Å². The number of hydrogen-bond acceptors (Lipinski definition) is 1. The molecule has 19 heavy (non-hydrogen) atoms. The van der Waals surface area contributed by atoms with E-state index in [2.05, 4.69) is 34.5 Å². The molecule has 0 fully saturated rings. The molecule has 0 aliphatic heterocycles. The van der Waals surface area contributed by atoms with Gasteiger partial charge in [-0.2, -0.15) is 13.2 Å². The van der Waals surface area contributed by atoms with Gasteiger partial charge in [-0.1, -0.05) is 54.0 Å². The molecule has 0 radical (unpaired) electrons. The Morgan fingerprint density at radius 2 is 1.63 bits per heavy atom. The molecule has 1 rings (SSSR count). The van der Waals surface area contributed by atoms with Crippen molar-refractivity contribution in [1.29, 1.82) is 0 Å². The third-order valence-electron chi connectivity index (χ3n) is 2.75. The molecule has 0 aliphatic rings. The predicted octanol–water partition coefficient (Wildman–Crippen LogP) is 5.22. The zero-order valence-corrected chi connectivity index (χ0v) is 12.6. The summed E-state index contributed by atoms with van der Waals surface area (Å²) >= 11 is 3.47. The van der Waals surface area contributed by atoms with Crippen LogP contribution in [-0.2, 0) is 4.74 Å². The fraction of sp³-hybridized carbons (Fsp3) is 0.571. The SMILES string of the molecule is CC(C)c1ccc(C(Br)CCOCC(F)(F)F)cc1. The zero-order valence-electron chi connectivity index (χ0n) is 11.0. The molecule has 0 bridgehead atoms. The van der Waals surface area contributed by atoms with Gasteiger partial charge in [0.2, 0.25) is 0 Å². The Balaban J connectivity index is 2.39. The summed E-state index contributed by atoms with van der Waals surface area (Å²) in [6, 6.07) is 8.09. The number of hydrogen-bond donors (Lipinski definition) is 0. The number of rotatable bonds is 6. The van der Waals surface area contributed by atoms with Crippen LogP contribution < -0.4 is 0 Å². The van der Waals surface area contributed by atoms with Crippen LogP contribution in [0.3, 0.4) is 0 Å². The minimum absolute atomic E-state index is 0.0157. The van der Waals surface area contributed by atoms with E-state index in [0.717, 1.165) is 5.56 Å². The van der Waals surface area contributed by atoms with Crippen LogP contribution in [0.1, 0.15) is 42.1 Å². The number of ether oxygens (including phenoxy) is 1. The molecule has 0 spiro atoms. The second kappa shape index (κ2) is 7.29. The van der Waals surface area contributed by atoms with Gasteiger partial charge in [0.15, 0.2) is 0 Å². The van der Waals surface area contributed by atoms with Gasteiger partial charge >= 0.3 is 6.18 Å². The van der Waals surface area contributed by atoms with Crippen molar-refractivity contribution in [3.05, 3.63) is 35.4 Å². The van der Waals surface area contributed by atoms with E-state index < -0.39 is 12.8 Å². The van der Waals surface area contributed by atoms with Crippen molar-refractivity contribution in [1.82, 2.24) is 0 Å². The largest absolute Gasteiger partial charge is 0.411 e. The molecule has 1 aromatic carbocycles. The predicted molar refractivity (Wildman–Crippen MR) is 73.7 cm³/mol. The Hall–Kier alpha value is -0.550. The van der Waals surface area contributed by atoms with Gasteiger partial charge in [-0.3, -0.25) is 0 Å². The van der Waals surface area contributed by atoms with Crippen LogP contribution in [0.2, 0.25) is 0 Å². The average molecular weight is 339 g/mol. The molecular formula is C14H18BrF3O. The van der Waals surface area contributed by atoms with Crippen molar-refractivity contribution in [2.45, 2.75) is 37.2 Å². The lowest BCUT2D eigenvalue weighted by Crippen LogP contribution is -2.17. The Kier molecular flexibility index (Phi) is 6.33. The number of benzene rings is 1. The van der Waals surface area contributed by atoms with Crippen LogP contribution in [0.25, 0.3) is 0 Å². The van der Waals surface area contributed by atoms with Crippen molar-refractivity contribution in [2.24, 2.45) is 0 Å². The van der Waals surface area contributed by atoms with Crippen molar-refractivity contribution < 1.29 is 17.9 Å². The maximum atomic E-state index is 11.9. The molecule has 1 aromatic rings. The van der Waals surface area contributed by atoms with E-state index in [1.807, 2.05) is 24.3 Å². The molecule has 0 aliphatic carbocycles. The highest BCUT2D eigenvalue weighted by molar-refractivity contribution is 9.09. The summed E-state index contributed by atoms with van der Waals surface area (Å²) in [4.78, 5) is 0.0157. The lowest BCUT2D eigenvalue weighted by Gasteiger charge is -2.13. The van der Waals surface area contributed by atoms with Crippen LogP contribution in [-0.4, -0.2) is 19.4 Å². The first-order valence-electron chi connectivity index (χ1n) is 6.18. The fourth-order valence-corrected chi connectivity index (χ4v) is 2.12. The molecule has 1 atom stereocenters. The lowest BCUT2D eigenvalue weighted by atomic mass is 10.0. The van der Waals surface area contributed by atoms with Gasteiger partial charge in [0, 0.05) is 11.4 Å². The van der Waals surface area contributed by atoms with E-state index in [1.54, 1.807) is 0 Å². The normalized spacial score (nSPS) is 13.8. The molecule has 0 saturated heterocycles. The molecule has 1 unspecified atom stereocenters. The lowest BCUT2D eigenvalue weighted by molar-refractivity contribution is -0.174. The van der Waals surface area contributed by atoms with Crippen LogP contribution >= 0.6 is 15.9 Å². The summed E-state index contributed by atoms with van der Waals surface area (Å²) in [7, 11) is 0. The minimum atomic E-state index is -4.25. The van der Waals surface area contributed by atoms with Gasteiger partial charge in [0.25, 0.3) is 0 Å². The molecular weight excluding hydrogens is 321 g/mol. The summed E-state index contributed by atoms with van der Waals surface area (Å²) in [5.74, 6) is 0.470. The Morgan fingerprint density at radius 1 is 1.11 bits per heavy atom. The summed E-state index contributed by atoms with van der Waals surface area (Å²) in [6.07, 6.45) is -3.74. The van der Waals surface area contributed by atoms with E-state index in [9.17, 15) is 13.2 Å². The molecule has 0 aromatic heterocycles. The maximum absolute atomic E-state index is 11.9. The van der Waals surface area contributed by atoms with Gasteiger partial charge in [-0.15, -0.1) is 0 Å². The molecule has 5 heteroatoms. The average Bonchev–Trinajstić information content (AvgIpc) is 2.33. The summed E-state index contributed by atoms with van der Waals surface area (Å²) < 4.78 is 40.3. The van der Waals surface area contributed by atoms with Crippen molar-refractivity contribution in [3.63, 3.8) is 0 Å². The molecule has 0 saturated carbocycles. The smallest absolute Gasteiger partial charge is 0.372 e. The van der Waals surface area contributed by atoms with Crippen LogP contribution in [0.5, 0.6) is 0 Å². The highest BCUT2D eigenvalue weighted by Gasteiger charge is 2.27. The highest BCUT2D eigenvalue weighted by Crippen LogP contribution is 2.28. The number of alkyl halides is 4. The monoisotopic (exact) mass is 338 g/mol. The maximum Gasteiger partial charge on any atom is 0.411 e. The molecule has 0 heterocycles. The molecule has 0 N–H and O–H groups in total. The van der Waals surface area contributed by atoms with Gasteiger partial charge in [0.1, 0.15) is 6.61 Å². The second-order valence-corrected chi connectivity index (χ2v) is 5.85. The van der Waals surface area contributed by atoms with Crippen molar-refractivity contribution in [3.8, 4) is 0 Å².